The fraction of sp³-hybridized carbons (Fsp3) is 0.125. The number of halogens is 3. The summed E-state index contributed by atoms with van der Waals surface area (Å²) in [5.41, 5.74) is 1.52. The van der Waals surface area contributed by atoms with Crippen LogP contribution >= 0.6 is 0 Å². The van der Waals surface area contributed by atoms with E-state index >= 15 is 0 Å². The maximum atomic E-state index is 12.7. The number of anilines is 1. The SMILES string of the molecule is O=C(CC(c1ccccc1)c1ccccc1)Nc1nnc(-c2ccc(C(F)(F)F)cc2)o1. The topological polar surface area (TPSA) is 68.0 Å². The van der Waals surface area contributed by atoms with Gasteiger partial charge in [0.1, 0.15) is 0 Å². The van der Waals surface area contributed by atoms with Crippen LogP contribution in [0.25, 0.3) is 11.5 Å². The molecule has 5 nitrogen and oxygen atoms in total. The van der Waals surface area contributed by atoms with Gasteiger partial charge >= 0.3 is 12.2 Å². The third kappa shape index (κ3) is 5.03. The minimum Gasteiger partial charge on any atom is -0.403 e. The van der Waals surface area contributed by atoms with E-state index in [0.717, 1.165) is 23.3 Å². The minimum absolute atomic E-state index is 0.0108. The predicted octanol–water partition coefficient (Wildman–Crippen LogP) is 5.92. The van der Waals surface area contributed by atoms with Gasteiger partial charge in [0, 0.05) is 17.9 Å². The van der Waals surface area contributed by atoms with Crippen LogP contribution in [0.5, 0.6) is 0 Å². The molecule has 0 bridgehead atoms. The first kappa shape index (κ1) is 21.3. The third-order valence-corrected chi connectivity index (χ3v) is 4.92. The number of rotatable bonds is 6. The van der Waals surface area contributed by atoms with Crippen molar-refractivity contribution in [3.8, 4) is 11.5 Å². The van der Waals surface area contributed by atoms with Crippen LogP contribution in [0, 0.1) is 0 Å². The molecule has 0 spiro atoms. The predicted molar refractivity (Wildman–Crippen MR) is 113 cm³/mol. The fourth-order valence-electron chi connectivity index (χ4n) is 3.35. The lowest BCUT2D eigenvalue weighted by atomic mass is 9.88. The zero-order chi connectivity index (χ0) is 22.6. The molecule has 0 radical (unpaired) electrons. The molecule has 1 N–H and O–H groups in total. The number of amides is 1. The first-order chi connectivity index (χ1) is 15.4. The number of carbonyl (C=O) groups excluding carboxylic acids is 1. The highest BCUT2D eigenvalue weighted by Crippen LogP contribution is 2.31. The highest BCUT2D eigenvalue weighted by atomic mass is 19.4. The molecule has 8 heteroatoms. The van der Waals surface area contributed by atoms with E-state index in [1.807, 2.05) is 60.7 Å². The Hall–Kier alpha value is -3.94. The summed E-state index contributed by atoms with van der Waals surface area (Å²) in [7, 11) is 0. The lowest BCUT2D eigenvalue weighted by Gasteiger charge is -2.17. The number of nitrogens with zero attached hydrogens (tertiary/aromatic N) is 2. The van der Waals surface area contributed by atoms with Gasteiger partial charge in [-0.25, -0.2) is 0 Å². The molecule has 0 aliphatic carbocycles. The second kappa shape index (κ2) is 9.05. The van der Waals surface area contributed by atoms with E-state index in [1.165, 1.54) is 12.1 Å². The van der Waals surface area contributed by atoms with Gasteiger partial charge in [0.15, 0.2) is 0 Å². The van der Waals surface area contributed by atoms with Crippen LogP contribution in [0.2, 0.25) is 0 Å². The monoisotopic (exact) mass is 437 g/mol. The summed E-state index contributed by atoms with van der Waals surface area (Å²) in [6.07, 6.45) is -4.29. The Kier molecular flexibility index (Phi) is 6.02. The Labute approximate surface area is 181 Å². The summed E-state index contributed by atoms with van der Waals surface area (Å²) >= 11 is 0. The Morgan fingerprint density at radius 1 is 0.844 bits per heavy atom. The molecule has 1 heterocycles. The Morgan fingerprint density at radius 2 is 1.41 bits per heavy atom. The summed E-state index contributed by atoms with van der Waals surface area (Å²) < 4.78 is 43.6. The Balaban J connectivity index is 1.47. The zero-order valence-corrected chi connectivity index (χ0v) is 16.7. The van der Waals surface area contributed by atoms with Gasteiger partial charge in [-0.1, -0.05) is 65.8 Å². The summed E-state index contributed by atoms with van der Waals surface area (Å²) in [6, 6.07) is 23.5. The van der Waals surface area contributed by atoms with Crippen molar-refractivity contribution in [2.75, 3.05) is 5.32 Å². The van der Waals surface area contributed by atoms with E-state index in [2.05, 4.69) is 15.5 Å². The minimum atomic E-state index is -4.43. The van der Waals surface area contributed by atoms with Crippen molar-refractivity contribution < 1.29 is 22.4 Å². The molecule has 0 saturated carbocycles. The highest BCUT2D eigenvalue weighted by molar-refractivity contribution is 5.89. The molecule has 1 aromatic heterocycles. The van der Waals surface area contributed by atoms with Crippen molar-refractivity contribution in [2.24, 2.45) is 0 Å². The van der Waals surface area contributed by atoms with E-state index in [0.29, 0.717) is 5.56 Å². The van der Waals surface area contributed by atoms with Crippen LogP contribution in [0.4, 0.5) is 19.2 Å². The lowest BCUT2D eigenvalue weighted by Crippen LogP contribution is -2.16. The van der Waals surface area contributed by atoms with Crippen molar-refractivity contribution in [2.45, 2.75) is 18.5 Å². The maximum absolute atomic E-state index is 12.7. The van der Waals surface area contributed by atoms with Crippen LogP contribution in [0.3, 0.4) is 0 Å². The molecule has 0 aliphatic heterocycles. The van der Waals surface area contributed by atoms with Gasteiger partial charge in [-0.2, -0.15) is 13.2 Å². The zero-order valence-electron chi connectivity index (χ0n) is 16.7. The van der Waals surface area contributed by atoms with Crippen molar-refractivity contribution in [1.82, 2.24) is 10.2 Å². The molecule has 4 aromatic rings. The first-order valence-electron chi connectivity index (χ1n) is 9.81. The van der Waals surface area contributed by atoms with E-state index < -0.39 is 11.7 Å². The van der Waals surface area contributed by atoms with Crippen LogP contribution in [-0.2, 0) is 11.0 Å². The van der Waals surface area contributed by atoms with Gasteiger partial charge in [-0.15, -0.1) is 5.10 Å². The van der Waals surface area contributed by atoms with Crippen LogP contribution in [0.15, 0.2) is 89.3 Å². The van der Waals surface area contributed by atoms with Gasteiger partial charge < -0.3 is 4.42 Å². The third-order valence-electron chi connectivity index (χ3n) is 4.92. The maximum Gasteiger partial charge on any atom is 0.416 e. The molecule has 0 aliphatic rings. The molecule has 0 atom stereocenters. The largest absolute Gasteiger partial charge is 0.416 e. The summed E-state index contributed by atoms with van der Waals surface area (Å²) in [4.78, 5) is 12.7. The lowest BCUT2D eigenvalue weighted by molar-refractivity contribution is -0.137. The van der Waals surface area contributed by atoms with Crippen molar-refractivity contribution >= 4 is 11.9 Å². The van der Waals surface area contributed by atoms with Gasteiger partial charge in [-0.05, 0) is 35.4 Å². The molecule has 1 amide bonds. The smallest absolute Gasteiger partial charge is 0.403 e. The average molecular weight is 437 g/mol. The molecule has 0 fully saturated rings. The standard InChI is InChI=1S/C24H18F3N3O2/c25-24(26,27)19-13-11-18(12-14-19)22-29-30-23(32-22)28-21(31)15-20(16-7-3-1-4-8-16)17-9-5-2-6-10-17/h1-14,20H,15H2,(H,28,30,31). The number of aromatic nitrogens is 2. The molecule has 0 saturated heterocycles. The van der Waals surface area contributed by atoms with Gasteiger partial charge in [0.25, 0.3) is 0 Å². The number of hydrogen-bond acceptors (Lipinski definition) is 4. The van der Waals surface area contributed by atoms with Crippen LogP contribution in [-0.4, -0.2) is 16.1 Å². The van der Waals surface area contributed by atoms with Gasteiger partial charge in [-0.3, -0.25) is 10.1 Å². The van der Waals surface area contributed by atoms with E-state index in [1.54, 1.807) is 0 Å². The number of alkyl halides is 3. The molecule has 32 heavy (non-hydrogen) atoms. The first-order valence-corrected chi connectivity index (χ1v) is 9.81. The quantitative estimate of drug-likeness (QED) is 0.407. The summed E-state index contributed by atoms with van der Waals surface area (Å²) in [5.74, 6) is -0.489. The molecular formula is C24H18F3N3O2. The number of carbonyl (C=O) groups is 1. The Bertz CT molecular complexity index is 1140. The number of hydrogen-bond donors (Lipinski definition) is 1. The molecule has 162 valence electrons. The Morgan fingerprint density at radius 3 is 1.94 bits per heavy atom. The van der Waals surface area contributed by atoms with E-state index in [-0.39, 0.29) is 30.2 Å². The summed E-state index contributed by atoms with van der Waals surface area (Å²) in [6.45, 7) is 0. The normalized spacial score (nSPS) is 11.5. The van der Waals surface area contributed by atoms with Crippen molar-refractivity contribution in [1.29, 1.82) is 0 Å². The fourth-order valence-corrected chi connectivity index (χ4v) is 3.35. The second-order valence-corrected chi connectivity index (χ2v) is 7.11. The van der Waals surface area contributed by atoms with E-state index in [9.17, 15) is 18.0 Å². The van der Waals surface area contributed by atoms with Crippen molar-refractivity contribution in [3.05, 3.63) is 102 Å². The number of nitrogens with one attached hydrogen (secondary N) is 1. The van der Waals surface area contributed by atoms with Crippen LogP contribution < -0.4 is 5.32 Å². The van der Waals surface area contributed by atoms with Crippen molar-refractivity contribution in [3.63, 3.8) is 0 Å². The molecule has 4 rings (SSSR count). The van der Waals surface area contributed by atoms with Gasteiger partial charge in [0.2, 0.25) is 11.8 Å². The number of benzene rings is 3. The average Bonchev–Trinajstić information content (AvgIpc) is 3.26. The van der Waals surface area contributed by atoms with Crippen LogP contribution in [0.1, 0.15) is 29.0 Å². The van der Waals surface area contributed by atoms with Gasteiger partial charge in [0.05, 0.1) is 5.56 Å². The molecule has 3 aromatic carbocycles. The van der Waals surface area contributed by atoms with E-state index in [4.69, 9.17) is 4.42 Å². The highest BCUT2D eigenvalue weighted by Gasteiger charge is 2.30. The molecular weight excluding hydrogens is 419 g/mol. The summed E-state index contributed by atoms with van der Waals surface area (Å²) in [5, 5.41) is 10.2. The second-order valence-electron chi connectivity index (χ2n) is 7.11. The molecule has 0 unspecified atom stereocenters.